The van der Waals surface area contributed by atoms with Crippen molar-refractivity contribution in [2.75, 3.05) is 7.88 Å². The zero-order valence-electron chi connectivity index (χ0n) is 5.59. The molecule has 12 heavy (non-hydrogen) atoms. The molecule has 0 aromatic carbocycles. The third kappa shape index (κ3) is 2.45. The largest absolute Gasteiger partial charge is 0.209 e. The number of hydrogen-bond acceptors (Lipinski definition) is 3. The summed E-state index contributed by atoms with van der Waals surface area (Å²) in [4.78, 5) is 3.90. The van der Waals surface area contributed by atoms with Crippen LogP contribution in [-0.2, 0) is 0 Å². The third-order valence-electron chi connectivity index (χ3n) is 1.07. The van der Waals surface area contributed by atoms with E-state index in [1.807, 2.05) is 0 Å². The molecular weight excluding hydrogens is 244 g/mol. The average molecular weight is 247 g/mol. The van der Waals surface area contributed by atoms with E-state index in [0.717, 1.165) is 7.88 Å². The second-order valence-electron chi connectivity index (χ2n) is 1.82. The fourth-order valence-electron chi connectivity index (χ4n) is 0.600. The van der Waals surface area contributed by atoms with Gasteiger partial charge in [-0.2, -0.15) is 7.88 Å². The molecule has 0 N–H and O–H groups in total. The Morgan fingerprint density at radius 2 is 1.33 bits per heavy atom. The SMILES string of the molecule is ClN(Cl)c1cccc(N(Cl)Cl)n1. The normalized spacial score (nSPS) is 9.67. The Labute approximate surface area is 89.8 Å². The molecular formula is C5H3Cl4N3. The Hall–Kier alpha value is -0.0900. The van der Waals surface area contributed by atoms with Crippen molar-refractivity contribution in [1.29, 1.82) is 0 Å². The van der Waals surface area contributed by atoms with Gasteiger partial charge in [0.2, 0.25) is 0 Å². The molecule has 0 fully saturated rings. The fraction of sp³-hybridized carbons (Fsp3) is 0. The lowest BCUT2D eigenvalue weighted by molar-refractivity contribution is 1.27. The molecule has 1 aromatic heterocycles. The maximum Gasteiger partial charge on any atom is 0.161 e. The quantitative estimate of drug-likeness (QED) is 0.747. The van der Waals surface area contributed by atoms with E-state index in [1.165, 1.54) is 0 Å². The summed E-state index contributed by atoms with van der Waals surface area (Å²) in [5.41, 5.74) is 0. The van der Waals surface area contributed by atoms with Crippen molar-refractivity contribution in [2.24, 2.45) is 0 Å². The van der Waals surface area contributed by atoms with Gasteiger partial charge in [-0.05, 0) is 12.1 Å². The number of aromatic nitrogens is 1. The summed E-state index contributed by atoms with van der Waals surface area (Å²) in [6.45, 7) is 0. The van der Waals surface area contributed by atoms with Crippen LogP contribution >= 0.6 is 47.1 Å². The Bertz CT molecular complexity index is 241. The van der Waals surface area contributed by atoms with Crippen molar-refractivity contribution in [3.8, 4) is 0 Å². The molecule has 3 nitrogen and oxygen atoms in total. The van der Waals surface area contributed by atoms with Crippen LogP contribution in [0, 0.1) is 0 Å². The van der Waals surface area contributed by atoms with Crippen LogP contribution in [0.25, 0.3) is 0 Å². The van der Waals surface area contributed by atoms with Crippen molar-refractivity contribution >= 4 is 58.7 Å². The second kappa shape index (κ2) is 4.23. The van der Waals surface area contributed by atoms with Gasteiger partial charge >= 0.3 is 0 Å². The molecule has 1 aromatic rings. The van der Waals surface area contributed by atoms with Gasteiger partial charge in [0.1, 0.15) is 0 Å². The average Bonchev–Trinajstić information content (AvgIpc) is 2.04. The molecule has 1 rings (SSSR count). The highest BCUT2D eigenvalue weighted by Crippen LogP contribution is 2.22. The summed E-state index contributed by atoms with van der Waals surface area (Å²) in [6.07, 6.45) is 0. The van der Waals surface area contributed by atoms with Gasteiger partial charge in [-0.1, -0.05) is 6.07 Å². The summed E-state index contributed by atoms with van der Waals surface area (Å²) in [7, 11) is 0. The minimum absolute atomic E-state index is 0.349. The van der Waals surface area contributed by atoms with Gasteiger partial charge in [0.25, 0.3) is 0 Å². The molecule has 0 atom stereocenters. The van der Waals surface area contributed by atoms with Crippen LogP contribution in [0.4, 0.5) is 11.6 Å². The number of anilines is 2. The highest BCUT2D eigenvalue weighted by Gasteiger charge is 2.05. The molecule has 0 saturated heterocycles. The molecule has 7 heteroatoms. The lowest BCUT2D eigenvalue weighted by Gasteiger charge is -2.08. The number of pyridine rings is 1. The van der Waals surface area contributed by atoms with Crippen molar-refractivity contribution in [3.63, 3.8) is 0 Å². The van der Waals surface area contributed by atoms with Crippen molar-refractivity contribution in [1.82, 2.24) is 4.98 Å². The number of halogens is 4. The van der Waals surface area contributed by atoms with E-state index in [1.54, 1.807) is 18.2 Å². The van der Waals surface area contributed by atoms with E-state index < -0.39 is 0 Å². The molecule has 0 unspecified atom stereocenters. The second-order valence-corrected chi connectivity index (χ2v) is 3.52. The van der Waals surface area contributed by atoms with E-state index >= 15 is 0 Å². The van der Waals surface area contributed by atoms with Crippen molar-refractivity contribution < 1.29 is 0 Å². The molecule has 0 aliphatic rings. The Morgan fingerprint density at radius 1 is 0.917 bits per heavy atom. The van der Waals surface area contributed by atoms with E-state index in [0.29, 0.717) is 11.6 Å². The molecule has 0 spiro atoms. The molecule has 66 valence electrons. The van der Waals surface area contributed by atoms with Crippen LogP contribution in [-0.4, -0.2) is 4.98 Å². The first-order chi connectivity index (χ1) is 5.61. The molecule has 0 aliphatic carbocycles. The van der Waals surface area contributed by atoms with Crippen LogP contribution in [0.3, 0.4) is 0 Å². The van der Waals surface area contributed by atoms with E-state index in [-0.39, 0.29) is 0 Å². The summed E-state index contributed by atoms with van der Waals surface area (Å²) in [5.74, 6) is 0.698. The first-order valence-electron chi connectivity index (χ1n) is 2.81. The zero-order chi connectivity index (χ0) is 9.14. The molecule has 0 amide bonds. The first kappa shape index (κ1) is 9.99. The van der Waals surface area contributed by atoms with Gasteiger partial charge in [0.05, 0.1) is 0 Å². The maximum absolute atomic E-state index is 5.41. The number of rotatable bonds is 2. The van der Waals surface area contributed by atoms with Gasteiger partial charge in [-0.3, -0.25) is 0 Å². The highest BCUT2D eigenvalue weighted by molar-refractivity contribution is 6.50. The lowest BCUT2D eigenvalue weighted by atomic mass is 10.4. The molecule has 0 bridgehead atoms. The van der Waals surface area contributed by atoms with Crippen LogP contribution in [0.5, 0.6) is 0 Å². The topological polar surface area (TPSA) is 19.4 Å². The summed E-state index contributed by atoms with van der Waals surface area (Å²) < 4.78 is 1.64. The molecule has 0 aliphatic heterocycles. The van der Waals surface area contributed by atoms with Crippen molar-refractivity contribution in [3.05, 3.63) is 18.2 Å². The minimum atomic E-state index is 0.349. The molecule has 0 radical (unpaired) electrons. The van der Waals surface area contributed by atoms with Crippen LogP contribution < -0.4 is 7.88 Å². The highest BCUT2D eigenvalue weighted by atomic mass is 35.5. The van der Waals surface area contributed by atoms with Gasteiger partial charge in [0, 0.05) is 47.1 Å². The van der Waals surface area contributed by atoms with Gasteiger partial charge in [-0.15, -0.1) is 0 Å². The third-order valence-corrected chi connectivity index (χ3v) is 1.76. The predicted molar refractivity (Wildman–Crippen MR) is 52.6 cm³/mol. The summed E-state index contributed by atoms with van der Waals surface area (Å²) >= 11 is 21.6. The maximum atomic E-state index is 5.41. The van der Waals surface area contributed by atoms with E-state index in [4.69, 9.17) is 47.1 Å². The number of nitrogens with zero attached hydrogens (tertiary/aromatic N) is 3. The van der Waals surface area contributed by atoms with Crippen LogP contribution in [0.2, 0.25) is 0 Å². The summed E-state index contributed by atoms with van der Waals surface area (Å²) in [5, 5.41) is 0. The predicted octanol–water partition coefficient (Wildman–Crippen LogP) is 3.31. The van der Waals surface area contributed by atoms with E-state index in [2.05, 4.69) is 4.98 Å². The standard InChI is InChI=1S/C5H3Cl4N3/c6-11(7)4-2-1-3-5(10-4)12(8)9/h1-3H. The van der Waals surface area contributed by atoms with Crippen molar-refractivity contribution in [2.45, 2.75) is 0 Å². The Morgan fingerprint density at radius 3 is 1.67 bits per heavy atom. The monoisotopic (exact) mass is 245 g/mol. The zero-order valence-corrected chi connectivity index (χ0v) is 8.61. The van der Waals surface area contributed by atoms with Crippen LogP contribution in [0.1, 0.15) is 0 Å². The Balaban J connectivity index is 2.96. The Kier molecular flexibility index (Phi) is 3.53. The van der Waals surface area contributed by atoms with Crippen LogP contribution in [0.15, 0.2) is 18.2 Å². The van der Waals surface area contributed by atoms with Gasteiger partial charge in [-0.25, -0.2) is 4.98 Å². The first-order valence-corrected chi connectivity index (χ1v) is 4.17. The molecule has 1 heterocycles. The molecule has 0 saturated carbocycles. The fourth-order valence-corrected chi connectivity index (χ4v) is 0.977. The van der Waals surface area contributed by atoms with Gasteiger partial charge < -0.3 is 0 Å². The van der Waals surface area contributed by atoms with Gasteiger partial charge in [0.15, 0.2) is 11.6 Å². The minimum Gasteiger partial charge on any atom is -0.209 e. The smallest absolute Gasteiger partial charge is 0.161 e. The number of hydrogen-bond donors (Lipinski definition) is 0. The van der Waals surface area contributed by atoms with E-state index in [9.17, 15) is 0 Å². The lowest BCUT2D eigenvalue weighted by Crippen LogP contribution is -2.00. The summed E-state index contributed by atoms with van der Waals surface area (Å²) in [6, 6.07) is 4.90.